The molecule has 0 aromatic rings. The molecule has 0 aliphatic carbocycles. The Morgan fingerprint density at radius 2 is 2.14 bits per heavy atom. The van der Waals surface area contributed by atoms with Crippen LogP contribution in [0.15, 0.2) is 12.2 Å². The van der Waals surface area contributed by atoms with E-state index >= 15 is 0 Å². The SMILES string of the molecule is CCCNC(C)/C=C/C1CCOCC1. The molecule has 0 bridgehead atoms. The van der Waals surface area contributed by atoms with Crippen LogP contribution >= 0.6 is 0 Å². The maximum atomic E-state index is 5.32. The zero-order valence-corrected chi connectivity index (χ0v) is 9.46. The van der Waals surface area contributed by atoms with Crippen molar-refractivity contribution in [3.8, 4) is 0 Å². The minimum absolute atomic E-state index is 0.512. The van der Waals surface area contributed by atoms with E-state index in [1.54, 1.807) is 0 Å². The predicted octanol–water partition coefficient (Wildman–Crippen LogP) is 2.36. The summed E-state index contributed by atoms with van der Waals surface area (Å²) in [4.78, 5) is 0. The molecule has 1 aliphatic rings. The van der Waals surface area contributed by atoms with Gasteiger partial charge in [0.2, 0.25) is 0 Å². The van der Waals surface area contributed by atoms with Crippen molar-refractivity contribution in [2.45, 2.75) is 39.2 Å². The van der Waals surface area contributed by atoms with Gasteiger partial charge in [0.05, 0.1) is 0 Å². The summed E-state index contributed by atoms with van der Waals surface area (Å²) in [6.45, 7) is 7.39. The first kappa shape index (κ1) is 11.7. The van der Waals surface area contributed by atoms with Gasteiger partial charge in [0.25, 0.3) is 0 Å². The predicted molar refractivity (Wildman–Crippen MR) is 60.4 cm³/mol. The van der Waals surface area contributed by atoms with Crippen LogP contribution in [0.1, 0.15) is 33.1 Å². The molecule has 0 aromatic carbocycles. The fourth-order valence-electron chi connectivity index (χ4n) is 1.67. The van der Waals surface area contributed by atoms with Crippen LogP contribution in [0, 0.1) is 5.92 Å². The highest BCUT2D eigenvalue weighted by Crippen LogP contribution is 2.15. The number of allylic oxidation sites excluding steroid dienone is 1. The van der Waals surface area contributed by atoms with Crippen molar-refractivity contribution in [2.24, 2.45) is 5.92 Å². The molecule has 0 radical (unpaired) electrons. The highest BCUT2D eigenvalue weighted by Gasteiger charge is 2.10. The first-order chi connectivity index (χ1) is 6.83. The van der Waals surface area contributed by atoms with Gasteiger partial charge in [-0.15, -0.1) is 0 Å². The summed E-state index contributed by atoms with van der Waals surface area (Å²) >= 11 is 0. The van der Waals surface area contributed by atoms with Crippen LogP contribution < -0.4 is 5.32 Å². The molecule has 1 heterocycles. The molecule has 1 aliphatic heterocycles. The van der Waals surface area contributed by atoms with Crippen LogP contribution in [0.4, 0.5) is 0 Å². The van der Waals surface area contributed by atoms with Gasteiger partial charge in [-0.2, -0.15) is 0 Å². The van der Waals surface area contributed by atoms with Gasteiger partial charge in [-0.3, -0.25) is 0 Å². The van der Waals surface area contributed by atoms with Crippen LogP contribution in [0.2, 0.25) is 0 Å². The molecule has 0 spiro atoms. The lowest BCUT2D eigenvalue weighted by Gasteiger charge is -2.19. The molecule has 1 atom stereocenters. The second-order valence-corrected chi connectivity index (χ2v) is 4.08. The lowest BCUT2D eigenvalue weighted by molar-refractivity contribution is 0.0784. The van der Waals surface area contributed by atoms with Gasteiger partial charge in [0.1, 0.15) is 0 Å². The summed E-state index contributed by atoms with van der Waals surface area (Å²) < 4.78 is 5.32. The van der Waals surface area contributed by atoms with Crippen molar-refractivity contribution in [1.82, 2.24) is 5.32 Å². The number of nitrogens with one attached hydrogen (secondary N) is 1. The molecule has 14 heavy (non-hydrogen) atoms. The summed E-state index contributed by atoms with van der Waals surface area (Å²) in [5.74, 6) is 0.745. The third-order valence-corrected chi connectivity index (χ3v) is 2.65. The van der Waals surface area contributed by atoms with Crippen LogP contribution in [0.3, 0.4) is 0 Å². The van der Waals surface area contributed by atoms with E-state index in [4.69, 9.17) is 4.74 Å². The van der Waals surface area contributed by atoms with Gasteiger partial charge in [-0.25, -0.2) is 0 Å². The van der Waals surface area contributed by atoms with Crippen LogP contribution in [-0.4, -0.2) is 25.8 Å². The van der Waals surface area contributed by atoms with Gasteiger partial charge in [0, 0.05) is 19.3 Å². The van der Waals surface area contributed by atoms with Crippen LogP contribution in [0.25, 0.3) is 0 Å². The maximum absolute atomic E-state index is 5.32. The Balaban J connectivity index is 2.16. The van der Waals surface area contributed by atoms with Crippen molar-refractivity contribution < 1.29 is 4.74 Å². The Hall–Kier alpha value is -0.340. The largest absolute Gasteiger partial charge is 0.381 e. The van der Waals surface area contributed by atoms with E-state index in [9.17, 15) is 0 Å². The zero-order chi connectivity index (χ0) is 10.2. The summed E-state index contributed by atoms with van der Waals surface area (Å²) in [5, 5.41) is 3.45. The van der Waals surface area contributed by atoms with Gasteiger partial charge < -0.3 is 10.1 Å². The Morgan fingerprint density at radius 1 is 1.43 bits per heavy atom. The third kappa shape index (κ3) is 4.77. The first-order valence-corrected chi connectivity index (χ1v) is 5.82. The second kappa shape index (κ2) is 7.02. The summed E-state index contributed by atoms with van der Waals surface area (Å²) in [7, 11) is 0. The fraction of sp³-hybridized carbons (Fsp3) is 0.833. The molecule has 0 aromatic heterocycles. The van der Waals surface area contributed by atoms with Crippen molar-refractivity contribution in [1.29, 1.82) is 0 Å². The quantitative estimate of drug-likeness (QED) is 0.683. The highest BCUT2D eigenvalue weighted by atomic mass is 16.5. The van der Waals surface area contributed by atoms with Crippen molar-refractivity contribution in [3.63, 3.8) is 0 Å². The maximum Gasteiger partial charge on any atom is 0.0471 e. The number of ether oxygens (including phenoxy) is 1. The van der Waals surface area contributed by atoms with E-state index in [0.29, 0.717) is 6.04 Å². The highest BCUT2D eigenvalue weighted by molar-refractivity contribution is 4.95. The van der Waals surface area contributed by atoms with Crippen LogP contribution in [-0.2, 0) is 4.74 Å². The average Bonchev–Trinajstić information content (AvgIpc) is 2.25. The summed E-state index contributed by atoms with van der Waals surface area (Å²) in [6, 6.07) is 0.512. The van der Waals surface area contributed by atoms with Crippen molar-refractivity contribution in [2.75, 3.05) is 19.8 Å². The fourth-order valence-corrected chi connectivity index (χ4v) is 1.67. The van der Waals surface area contributed by atoms with E-state index in [1.165, 1.54) is 19.3 Å². The average molecular weight is 197 g/mol. The van der Waals surface area contributed by atoms with E-state index in [-0.39, 0.29) is 0 Å². The van der Waals surface area contributed by atoms with E-state index in [2.05, 4.69) is 31.3 Å². The van der Waals surface area contributed by atoms with Gasteiger partial charge in [-0.05, 0) is 38.6 Å². The Kier molecular flexibility index (Phi) is 5.88. The molecule has 82 valence electrons. The summed E-state index contributed by atoms with van der Waals surface area (Å²) in [6.07, 6.45) is 8.24. The molecule has 2 nitrogen and oxygen atoms in total. The van der Waals surface area contributed by atoms with Gasteiger partial charge in [0.15, 0.2) is 0 Å². The van der Waals surface area contributed by atoms with Gasteiger partial charge >= 0.3 is 0 Å². The Bertz CT molecular complexity index is 162. The zero-order valence-electron chi connectivity index (χ0n) is 9.46. The van der Waals surface area contributed by atoms with Crippen LogP contribution in [0.5, 0.6) is 0 Å². The molecule has 2 heteroatoms. The van der Waals surface area contributed by atoms with Crippen molar-refractivity contribution >= 4 is 0 Å². The standard InChI is InChI=1S/C12H23NO/c1-3-8-13-11(2)4-5-12-6-9-14-10-7-12/h4-5,11-13H,3,6-10H2,1-2H3/b5-4+. The van der Waals surface area contributed by atoms with E-state index in [1.807, 2.05) is 0 Å². The minimum Gasteiger partial charge on any atom is -0.381 e. The van der Waals surface area contributed by atoms with Crippen molar-refractivity contribution in [3.05, 3.63) is 12.2 Å². The smallest absolute Gasteiger partial charge is 0.0471 e. The third-order valence-electron chi connectivity index (χ3n) is 2.65. The molecule has 1 N–H and O–H groups in total. The lowest BCUT2D eigenvalue weighted by Crippen LogP contribution is -2.25. The lowest BCUT2D eigenvalue weighted by atomic mass is 9.99. The van der Waals surface area contributed by atoms with Gasteiger partial charge in [-0.1, -0.05) is 19.1 Å². The number of hydrogen-bond acceptors (Lipinski definition) is 2. The van der Waals surface area contributed by atoms with E-state index < -0.39 is 0 Å². The molecule has 0 amide bonds. The molecule has 0 saturated carbocycles. The molecule has 1 saturated heterocycles. The number of hydrogen-bond donors (Lipinski definition) is 1. The molecule has 1 rings (SSSR count). The molecule has 1 fully saturated rings. The molecule has 1 unspecified atom stereocenters. The second-order valence-electron chi connectivity index (χ2n) is 4.08. The Labute approximate surface area is 87.7 Å². The monoisotopic (exact) mass is 197 g/mol. The summed E-state index contributed by atoms with van der Waals surface area (Å²) in [5.41, 5.74) is 0. The first-order valence-electron chi connectivity index (χ1n) is 5.82. The molecular formula is C12H23NO. The Morgan fingerprint density at radius 3 is 2.79 bits per heavy atom. The number of rotatable bonds is 5. The molecular weight excluding hydrogens is 174 g/mol. The topological polar surface area (TPSA) is 21.3 Å². The van der Waals surface area contributed by atoms with E-state index in [0.717, 1.165) is 25.7 Å². The minimum atomic E-state index is 0.512. The normalized spacial score (nSPS) is 21.6.